The van der Waals surface area contributed by atoms with Crippen molar-refractivity contribution in [3.63, 3.8) is 0 Å². The van der Waals surface area contributed by atoms with Gasteiger partial charge in [0.15, 0.2) is 0 Å². The average molecular weight is 466 g/mol. The van der Waals surface area contributed by atoms with Crippen LogP contribution in [0.15, 0.2) is 48.5 Å². The van der Waals surface area contributed by atoms with Crippen molar-refractivity contribution in [2.24, 2.45) is 0 Å². The standard InChI is InChI=1S/C25H26N2O7/c1-3-33-22(29)20(21(28)27(2)25(12-13-25)23(30)31)26-24(32)34-14-19-17-10-6-4-8-15(17)16-9-5-7-11-18(16)19/h4-11,19-20H,3,12-14H2,1-2H3,(H,26,32)(H,30,31). The Kier molecular flexibility index (Phi) is 6.28. The third-order valence-corrected chi connectivity index (χ3v) is 6.47. The molecule has 0 radical (unpaired) electrons. The average Bonchev–Trinajstić information content (AvgIpc) is 3.59. The molecule has 2 amide bonds. The largest absolute Gasteiger partial charge is 0.479 e. The van der Waals surface area contributed by atoms with Crippen LogP contribution in [0.2, 0.25) is 0 Å². The molecule has 0 heterocycles. The summed E-state index contributed by atoms with van der Waals surface area (Å²) in [4.78, 5) is 50.6. The van der Waals surface area contributed by atoms with E-state index in [4.69, 9.17) is 9.47 Å². The number of nitrogens with zero attached hydrogens (tertiary/aromatic N) is 1. The first-order chi connectivity index (χ1) is 16.3. The van der Waals surface area contributed by atoms with E-state index in [0.29, 0.717) is 0 Å². The fourth-order valence-corrected chi connectivity index (χ4v) is 4.42. The summed E-state index contributed by atoms with van der Waals surface area (Å²) in [6.07, 6.45) is -0.433. The van der Waals surface area contributed by atoms with Crippen LogP contribution >= 0.6 is 0 Å². The molecule has 2 aromatic rings. The number of rotatable bonds is 8. The highest BCUT2D eigenvalue weighted by Gasteiger charge is 2.57. The van der Waals surface area contributed by atoms with E-state index >= 15 is 0 Å². The monoisotopic (exact) mass is 466 g/mol. The van der Waals surface area contributed by atoms with E-state index in [1.54, 1.807) is 6.92 Å². The van der Waals surface area contributed by atoms with Gasteiger partial charge in [-0.1, -0.05) is 48.5 Å². The van der Waals surface area contributed by atoms with Crippen molar-refractivity contribution in [1.82, 2.24) is 10.2 Å². The summed E-state index contributed by atoms with van der Waals surface area (Å²) in [6.45, 7) is 1.55. The maximum absolute atomic E-state index is 13.0. The summed E-state index contributed by atoms with van der Waals surface area (Å²) in [7, 11) is 1.30. The lowest BCUT2D eigenvalue weighted by Crippen LogP contribution is -2.57. The Morgan fingerprint density at radius 3 is 2.09 bits per heavy atom. The molecule has 9 nitrogen and oxygen atoms in total. The van der Waals surface area contributed by atoms with Gasteiger partial charge in [-0.05, 0) is 42.0 Å². The SMILES string of the molecule is CCOC(=O)C(NC(=O)OCC1c2ccccc2-c2ccccc21)C(=O)N(C)C1(C(=O)O)CC1. The van der Waals surface area contributed by atoms with Gasteiger partial charge in [0, 0.05) is 13.0 Å². The van der Waals surface area contributed by atoms with E-state index in [0.717, 1.165) is 27.2 Å². The van der Waals surface area contributed by atoms with Crippen molar-refractivity contribution in [2.75, 3.05) is 20.3 Å². The van der Waals surface area contributed by atoms with Crippen LogP contribution in [0.4, 0.5) is 4.79 Å². The first-order valence-corrected chi connectivity index (χ1v) is 11.1. The van der Waals surface area contributed by atoms with Gasteiger partial charge in [-0.3, -0.25) is 10.1 Å². The first kappa shape index (κ1) is 23.3. The molecular formula is C25H26N2O7. The van der Waals surface area contributed by atoms with Gasteiger partial charge in [0.05, 0.1) is 6.61 Å². The highest BCUT2D eigenvalue weighted by molar-refractivity contribution is 6.06. The molecule has 178 valence electrons. The van der Waals surface area contributed by atoms with Crippen molar-refractivity contribution >= 4 is 23.9 Å². The number of likely N-dealkylation sites (N-methyl/N-ethyl adjacent to an activating group) is 1. The minimum Gasteiger partial charge on any atom is -0.479 e. The van der Waals surface area contributed by atoms with Gasteiger partial charge in [-0.25, -0.2) is 14.4 Å². The smallest absolute Gasteiger partial charge is 0.408 e. The molecule has 9 heteroatoms. The Labute approximate surface area is 196 Å². The van der Waals surface area contributed by atoms with Gasteiger partial charge in [0.1, 0.15) is 12.1 Å². The van der Waals surface area contributed by atoms with E-state index in [-0.39, 0.29) is 32.0 Å². The minimum absolute atomic E-state index is 0.00149. The van der Waals surface area contributed by atoms with Crippen molar-refractivity contribution in [3.8, 4) is 11.1 Å². The molecular weight excluding hydrogens is 440 g/mol. The highest BCUT2D eigenvalue weighted by Crippen LogP contribution is 2.44. The topological polar surface area (TPSA) is 122 Å². The predicted molar refractivity (Wildman–Crippen MR) is 121 cm³/mol. The summed E-state index contributed by atoms with van der Waals surface area (Å²) in [5.41, 5.74) is 2.80. The number of hydrogen-bond donors (Lipinski definition) is 2. The molecule has 1 saturated carbocycles. The van der Waals surface area contributed by atoms with E-state index in [1.165, 1.54) is 7.05 Å². The number of amides is 2. The first-order valence-electron chi connectivity index (χ1n) is 11.1. The molecule has 34 heavy (non-hydrogen) atoms. The van der Waals surface area contributed by atoms with Crippen molar-refractivity contribution in [1.29, 1.82) is 0 Å². The van der Waals surface area contributed by atoms with Gasteiger partial charge in [-0.2, -0.15) is 0 Å². The lowest BCUT2D eigenvalue weighted by molar-refractivity contribution is -0.158. The van der Waals surface area contributed by atoms with Gasteiger partial charge >= 0.3 is 18.0 Å². The number of aliphatic carboxylic acids is 1. The van der Waals surface area contributed by atoms with Crippen LogP contribution in [0, 0.1) is 0 Å². The number of alkyl carbamates (subject to hydrolysis) is 1. The Morgan fingerprint density at radius 2 is 1.59 bits per heavy atom. The number of carboxylic acids is 1. The summed E-state index contributed by atoms with van der Waals surface area (Å²) in [5, 5.41) is 11.7. The molecule has 0 bridgehead atoms. The molecule has 1 fully saturated rings. The maximum Gasteiger partial charge on any atom is 0.408 e. The lowest BCUT2D eigenvalue weighted by atomic mass is 9.98. The third kappa shape index (κ3) is 4.09. The number of hydrogen-bond acceptors (Lipinski definition) is 6. The van der Waals surface area contributed by atoms with Crippen molar-refractivity contribution in [3.05, 3.63) is 59.7 Å². The minimum atomic E-state index is -1.71. The number of benzene rings is 2. The van der Waals surface area contributed by atoms with E-state index < -0.39 is 35.5 Å². The highest BCUT2D eigenvalue weighted by atomic mass is 16.6. The predicted octanol–water partition coefficient (Wildman–Crippen LogP) is 2.53. The fourth-order valence-electron chi connectivity index (χ4n) is 4.42. The van der Waals surface area contributed by atoms with E-state index in [1.807, 2.05) is 48.5 Å². The summed E-state index contributed by atoms with van der Waals surface area (Å²) in [5.74, 6) is -3.20. The molecule has 2 N–H and O–H groups in total. The van der Waals surface area contributed by atoms with Crippen molar-refractivity contribution in [2.45, 2.75) is 37.3 Å². The third-order valence-electron chi connectivity index (χ3n) is 6.47. The van der Waals surface area contributed by atoms with Gasteiger partial charge in [0.25, 0.3) is 5.91 Å². The molecule has 0 aliphatic heterocycles. The van der Waals surface area contributed by atoms with Crippen LogP contribution in [0.5, 0.6) is 0 Å². The summed E-state index contributed by atoms with van der Waals surface area (Å²) in [6, 6.07) is 14.0. The molecule has 0 spiro atoms. The van der Waals surface area contributed by atoms with Crippen LogP contribution in [0.25, 0.3) is 11.1 Å². The molecule has 1 atom stereocenters. The molecule has 0 saturated heterocycles. The van der Waals surface area contributed by atoms with Crippen molar-refractivity contribution < 1.29 is 33.8 Å². The molecule has 1 unspecified atom stereocenters. The number of carbonyl (C=O) groups excluding carboxylic acids is 3. The molecule has 2 aliphatic rings. The summed E-state index contributed by atoms with van der Waals surface area (Å²) >= 11 is 0. The second-order valence-corrected chi connectivity index (χ2v) is 8.39. The maximum atomic E-state index is 13.0. The number of fused-ring (bicyclic) bond motifs is 3. The van der Waals surface area contributed by atoms with Crippen LogP contribution in [-0.4, -0.2) is 65.8 Å². The van der Waals surface area contributed by atoms with Crippen LogP contribution in [-0.2, 0) is 23.9 Å². The van der Waals surface area contributed by atoms with Crippen LogP contribution < -0.4 is 5.32 Å². The Balaban J connectivity index is 1.47. The second-order valence-electron chi connectivity index (χ2n) is 8.39. The Bertz CT molecular complexity index is 1100. The van der Waals surface area contributed by atoms with E-state index in [2.05, 4.69) is 5.32 Å². The number of esters is 1. The molecule has 2 aliphatic carbocycles. The zero-order valence-electron chi connectivity index (χ0n) is 18.9. The quantitative estimate of drug-likeness (QED) is 0.453. The Hall–Kier alpha value is -3.88. The zero-order valence-corrected chi connectivity index (χ0v) is 18.9. The molecule has 2 aromatic carbocycles. The second kappa shape index (κ2) is 9.17. The van der Waals surface area contributed by atoms with Crippen LogP contribution in [0.3, 0.4) is 0 Å². The fraction of sp³-hybridized carbons (Fsp3) is 0.360. The van der Waals surface area contributed by atoms with Crippen LogP contribution in [0.1, 0.15) is 36.8 Å². The van der Waals surface area contributed by atoms with Gasteiger partial charge < -0.3 is 19.5 Å². The van der Waals surface area contributed by atoms with Gasteiger partial charge in [-0.15, -0.1) is 0 Å². The normalized spacial score (nSPS) is 15.9. The molecule has 0 aromatic heterocycles. The number of carboxylic acid groups (broad SMARTS) is 1. The number of ether oxygens (including phenoxy) is 2. The number of carbonyl (C=O) groups is 4. The lowest BCUT2D eigenvalue weighted by Gasteiger charge is -2.28. The van der Waals surface area contributed by atoms with Gasteiger partial charge in [0.2, 0.25) is 6.04 Å². The Morgan fingerprint density at radius 1 is 1.03 bits per heavy atom. The number of nitrogens with one attached hydrogen (secondary N) is 1. The zero-order chi connectivity index (χ0) is 24.5. The van der Waals surface area contributed by atoms with E-state index in [9.17, 15) is 24.3 Å². The molecule has 4 rings (SSSR count). The summed E-state index contributed by atoms with van der Waals surface area (Å²) < 4.78 is 10.4.